The van der Waals surface area contributed by atoms with Gasteiger partial charge in [0.1, 0.15) is 11.5 Å². The van der Waals surface area contributed by atoms with Gasteiger partial charge in [0.25, 0.3) is 5.91 Å². The second-order valence-corrected chi connectivity index (χ2v) is 6.28. The Balaban J connectivity index is 1.74. The van der Waals surface area contributed by atoms with Crippen LogP contribution in [0.2, 0.25) is 5.02 Å². The normalized spacial score (nSPS) is 10.5. The number of hydrogen-bond acceptors (Lipinski definition) is 4. The molecule has 0 saturated carbocycles. The van der Waals surface area contributed by atoms with E-state index in [-0.39, 0.29) is 5.91 Å². The summed E-state index contributed by atoms with van der Waals surface area (Å²) >= 11 is 5.90. The highest BCUT2D eigenvalue weighted by molar-refractivity contribution is 6.30. The summed E-state index contributed by atoms with van der Waals surface area (Å²) in [5.74, 6) is 0.418. The van der Waals surface area contributed by atoms with Gasteiger partial charge in [-0.25, -0.2) is 4.79 Å². The fourth-order valence-corrected chi connectivity index (χ4v) is 2.69. The summed E-state index contributed by atoms with van der Waals surface area (Å²) in [6.07, 6.45) is 0. The summed E-state index contributed by atoms with van der Waals surface area (Å²) in [6.45, 7) is 3.79. The molecule has 0 bridgehead atoms. The fraction of sp³-hybridized carbons (Fsp3) is 0.143. The number of furan rings is 1. The maximum Gasteiger partial charge on any atom is 0.338 e. The van der Waals surface area contributed by atoms with E-state index in [1.165, 1.54) is 0 Å². The van der Waals surface area contributed by atoms with Crippen molar-refractivity contribution in [2.75, 3.05) is 11.9 Å². The maximum atomic E-state index is 12.6. The quantitative estimate of drug-likeness (QED) is 0.604. The highest BCUT2D eigenvalue weighted by Crippen LogP contribution is 2.27. The number of benzene rings is 2. The highest BCUT2D eigenvalue weighted by Gasteiger charge is 2.16. The zero-order chi connectivity index (χ0) is 19.4. The zero-order valence-electron chi connectivity index (χ0n) is 14.9. The molecular formula is C21H18ClNO4. The van der Waals surface area contributed by atoms with Gasteiger partial charge in [-0.05, 0) is 68.4 Å². The smallest absolute Gasteiger partial charge is 0.338 e. The minimum absolute atomic E-state index is 0.291. The minimum atomic E-state index is -0.395. The first-order chi connectivity index (χ1) is 13.0. The molecule has 0 radical (unpaired) electrons. The first-order valence-corrected chi connectivity index (χ1v) is 8.80. The predicted molar refractivity (Wildman–Crippen MR) is 104 cm³/mol. The van der Waals surface area contributed by atoms with Crippen LogP contribution in [0.1, 0.15) is 33.4 Å². The van der Waals surface area contributed by atoms with Crippen LogP contribution in [-0.4, -0.2) is 18.5 Å². The molecule has 1 aromatic heterocycles. The Hall–Kier alpha value is -3.05. The fourth-order valence-electron chi connectivity index (χ4n) is 2.57. The van der Waals surface area contributed by atoms with E-state index < -0.39 is 5.97 Å². The number of hydrogen-bond donors (Lipinski definition) is 1. The molecule has 2 aromatic carbocycles. The number of amides is 1. The lowest BCUT2D eigenvalue weighted by Gasteiger charge is -2.06. The summed E-state index contributed by atoms with van der Waals surface area (Å²) in [7, 11) is 0. The highest BCUT2D eigenvalue weighted by atomic mass is 35.5. The van der Waals surface area contributed by atoms with Gasteiger partial charge in [0.15, 0.2) is 0 Å². The Morgan fingerprint density at radius 2 is 1.74 bits per heavy atom. The number of nitrogens with one attached hydrogen (secondary N) is 1. The standard InChI is InChI=1S/C21H18ClNO4/c1-3-26-21(25)15-6-10-17(11-7-15)23-20(24)18-12-19(27-13(18)2)14-4-8-16(22)9-5-14/h4-12H,3H2,1-2H3,(H,23,24). The lowest BCUT2D eigenvalue weighted by atomic mass is 10.1. The van der Waals surface area contributed by atoms with Crippen molar-refractivity contribution in [2.45, 2.75) is 13.8 Å². The summed E-state index contributed by atoms with van der Waals surface area (Å²) in [5.41, 5.74) is 2.27. The molecule has 3 rings (SSSR count). The number of rotatable bonds is 5. The van der Waals surface area contributed by atoms with Crippen LogP contribution < -0.4 is 5.32 Å². The Labute approximate surface area is 161 Å². The average Bonchev–Trinajstić information content (AvgIpc) is 3.05. The van der Waals surface area contributed by atoms with E-state index >= 15 is 0 Å². The predicted octanol–water partition coefficient (Wildman–Crippen LogP) is 5.34. The van der Waals surface area contributed by atoms with E-state index in [1.54, 1.807) is 56.3 Å². The largest absolute Gasteiger partial charge is 0.462 e. The van der Waals surface area contributed by atoms with Gasteiger partial charge in [-0.15, -0.1) is 0 Å². The molecule has 1 N–H and O–H groups in total. The van der Waals surface area contributed by atoms with E-state index in [0.717, 1.165) is 5.56 Å². The van der Waals surface area contributed by atoms with Gasteiger partial charge in [-0.2, -0.15) is 0 Å². The van der Waals surface area contributed by atoms with E-state index in [4.69, 9.17) is 20.8 Å². The molecule has 5 nitrogen and oxygen atoms in total. The molecule has 0 saturated heterocycles. The second-order valence-electron chi connectivity index (χ2n) is 5.84. The van der Waals surface area contributed by atoms with E-state index in [0.29, 0.717) is 40.0 Å². The molecule has 1 amide bonds. The number of halogens is 1. The van der Waals surface area contributed by atoms with Gasteiger partial charge in [-0.3, -0.25) is 4.79 Å². The van der Waals surface area contributed by atoms with Crippen molar-refractivity contribution >= 4 is 29.2 Å². The number of esters is 1. The SMILES string of the molecule is CCOC(=O)c1ccc(NC(=O)c2cc(-c3ccc(Cl)cc3)oc2C)cc1. The van der Waals surface area contributed by atoms with E-state index in [1.807, 2.05) is 12.1 Å². The van der Waals surface area contributed by atoms with Gasteiger partial charge in [0.2, 0.25) is 0 Å². The van der Waals surface area contributed by atoms with Gasteiger partial charge in [0.05, 0.1) is 17.7 Å². The molecule has 6 heteroatoms. The summed E-state index contributed by atoms with van der Waals surface area (Å²) < 4.78 is 10.7. The Kier molecular flexibility index (Phi) is 5.62. The third-order valence-electron chi connectivity index (χ3n) is 3.95. The molecule has 0 atom stereocenters. The van der Waals surface area contributed by atoms with Crippen LogP contribution in [0.4, 0.5) is 5.69 Å². The molecule has 0 unspecified atom stereocenters. The van der Waals surface area contributed by atoms with Crippen molar-refractivity contribution in [3.63, 3.8) is 0 Å². The van der Waals surface area contributed by atoms with Crippen LogP contribution in [-0.2, 0) is 4.74 Å². The molecule has 0 aliphatic carbocycles. The van der Waals surface area contributed by atoms with Crippen molar-refractivity contribution < 1.29 is 18.7 Å². The summed E-state index contributed by atoms with van der Waals surface area (Å²) in [5, 5.41) is 3.43. The monoisotopic (exact) mass is 383 g/mol. The molecule has 1 heterocycles. The second kappa shape index (κ2) is 8.10. The molecular weight excluding hydrogens is 366 g/mol. The zero-order valence-corrected chi connectivity index (χ0v) is 15.7. The number of aryl methyl sites for hydroxylation is 1. The van der Waals surface area contributed by atoms with Gasteiger partial charge < -0.3 is 14.5 Å². The Bertz CT molecular complexity index is 959. The molecule has 0 aliphatic rings. The van der Waals surface area contributed by atoms with Gasteiger partial charge in [0, 0.05) is 16.3 Å². The third-order valence-corrected chi connectivity index (χ3v) is 4.20. The summed E-state index contributed by atoms with van der Waals surface area (Å²) in [6, 6.07) is 15.4. The van der Waals surface area contributed by atoms with Crippen molar-refractivity contribution in [2.24, 2.45) is 0 Å². The third kappa shape index (κ3) is 4.38. The van der Waals surface area contributed by atoms with E-state index in [9.17, 15) is 9.59 Å². The van der Waals surface area contributed by atoms with E-state index in [2.05, 4.69) is 5.32 Å². The molecule has 0 aliphatic heterocycles. The van der Waals surface area contributed by atoms with Crippen molar-refractivity contribution in [1.29, 1.82) is 0 Å². The number of ether oxygens (including phenoxy) is 1. The number of carbonyl (C=O) groups excluding carboxylic acids is 2. The van der Waals surface area contributed by atoms with Crippen LogP contribution >= 0.6 is 11.6 Å². The van der Waals surface area contributed by atoms with Gasteiger partial charge >= 0.3 is 5.97 Å². The summed E-state index contributed by atoms with van der Waals surface area (Å²) in [4.78, 5) is 24.2. The van der Waals surface area contributed by atoms with Crippen LogP contribution in [0.15, 0.2) is 59.0 Å². The lowest BCUT2D eigenvalue weighted by molar-refractivity contribution is 0.0526. The van der Waals surface area contributed by atoms with Crippen molar-refractivity contribution in [3.8, 4) is 11.3 Å². The first kappa shape index (κ1) is 18.7. The van der Waals surface area contributed by atoms with Crippen molar-refractivity contribution in [1.82, 2.24) is 0 Å². The molecule has 0 spiro atoms. The first-order valence-electron chi connectivity index (χ1n) is 8.43. The number of anilines is 1. The van der Waals surface area contributed by atoms with Gasteiger partial charge in [-0.1, -0.05) is 11.6 Å². The van der Waals surface area contributed by atoms with Crippen LogP contribution in [0.25, 0.3) is 11.3 Å². The molecule has 3 aromatic rings. The van der Waals surface area contributed by atoms with Crippen LogP contribution in [0, 0.1) is 6.92 Å². The lowest BCUT2D eigenvalue weighted by Crippen LogP contribution is -2.12. The number of carbonyl (C=O) groups is 2. The van der Waals surface area contributed by atoms with Crippen LogP contribution in [0.3, 0.4) is 0 Å². The molecule has 138 valence electrons. The minimum Gasteiger partial charge on any atom is -0.462 e. The van der Waals surface area contributed by atoms with Crippen LogP contribution in [0.5, 0.6) is 0 Å². The average molecular weight is 384 g/mol. The molecule has 27 heavy (non-hydrogen) atoms. The topological polar surface area (TPSA) is 68.5 Å². The Morgan fingerprint density at radius 1 is 1.07 bits per heavy atom. The van der Waals surface area contributed by atoms with Crippen molar-refractivity contribution in [3.05, 3.63) is 76.5 Å². The molecule has 0 fully saturated rings. The maximum absolute atomic E-state index is 12.6. The Morgan fingerprint density at radius 3 is 2.37 bits per heavy atom.